The summed E-state index contributed by atoms with van der Waals surface area (Å²) in [4.78, 5) is 21.5. The summed E-state index contributed by atoms with van der Waals surface area (Å²) in [5, 5.41) is 0. The molecule has 172 valence electrons. The van der Waals surface area contributed by atoms with Gasteiger partial charge in [0, 0.05) is 44.1 Å². The number of amides is 1. The van der Waals surface area contributed by atoms with E-state index in [1.54, 1.807) is 23.4 Å². The van der Waals surface area contributed by atoms with Gasteiger partial charge >= 0.3 is 0 Å². The summed E-state index contributed by atoms with van der Waals surface area (Å²) in [6, 6.07) is 5.35. The minimum absolute atomic E-state index is 0.241. The molecule has 0 spiro atoms. The van der Waals surface area contributed by atoms with Crippen molar-refractivity contribution in [3.8, 4) is 0 Å². The van der Waals surface area contributed by atoms with E-state index in [0.717, 1.165) is 31.5 Å². The summed E-state index contributed by atoms with van der Waals surface area (Å²) in [6.45, 7) is 2.66. The lowest BCUT2D eigenvalue weighted by Crippen LogP contribution is -2.47. The highest BCUT2D eigenvalue weighted by atomic mass is 19.2. The maximum absolute atomic E-state index is 14.4. The summed E-state index contributed by atoms with van der Waals surface area (Å²) in [5.41, 5.74) is 0.372. The largest absolute Gasteiger partial charge is 0.334 e. The lowest BCUT2D eigenvalue weighted by Gasteiger charge is -2.41. The Morgan fingerprint density at radius 3 is 2.56 bits per heavy atom. The molecule has 1 aliphatic heterocycles. The topological polar surface area (TPSA) is 36.4 Å². The smallest absolute Gasteiger partial charge is 0.257 e. The van der Waals surface area contributed by atoms with Crippen molar-refractivity contribution < 1.29 is 18.0 Å². The second kappa shape index (κ2) is 10.5. The monoisotopic (exact) mass is 445 g/mol. The number of piperidine rings is 1. The Morgan fingerprint density at radius 1 is 1.03 bits per heavy atom. The van der Waals surface area contributed by atoms with Crippen molar-refractivity contribution in [1.29, 1.82) is 0 Å². The standard InChI is InChI=1S/C25H30F3N3O/c26-22-13-24(28)23(27)12-21(22)25(32)31(15-18-6-4-10-29-14-18)17-19-7-5-11-30(16-19)20-8-2-1-3-9-20/h4,6,10,12-14,19-20H,1-3,5,7-9,11,15-17H2/t19-/m1/s1. The number of carbonyl (C=O) groups is 1. The molecule has 2 aliphatic rings. The normalized spacial score (nSPS) is 20.3. The number of aromatic nitrogens is 1. The van der Waals surface area contributed by atoms with Crippen molar-refractivity contribution in [1.82, 2.24) is 14.8 Å². The van der Waals surface area contributed by atoms with Crippen LogP contribution in [-0.4, -0.2) is 46.4 Å². The maximum Gasteiger partial charge on any atom is 0.257 e. The molecule has 1 saturated carbocycles. The Morgan fingerprint density at radius 2 is 1.81 bits per heavy atom. The van der Waals surface area contributed by atoms with Gasteiger partial charge in [-0.2, -0.15) is 0 Å². The van der Waals surface area contributed by atoms with Crippen molar-refractivity contribution >= 4 is 5.91 Å². The quantitative estimate of drug-likeness (QED) is 0.575. The molecule has 32 heavy (non-hydrogen) atoms. The highest BCUT2D eigenvalue weighted by Crippen LogP contribution is 2.28. The molecule has 0 unspecified atom stereocenters. The first-order valence-corrected chi connectivity index (χ1v) is 11.6. The first kappa shape index (κ1) is 22.8. The van der Waals surface area contributed by atoms with Gasteiger partial charge in [0.25, 0.3) is 5.91 Å². The number of hydrogen-bond donors (Lipinski definition) is 0. The third-order valence-corrected chi connectivity index (χ3v) is 6.74. The highest BCUT2D eigenvalue weighted by Gasteiger charge is 2.30. The van der Waals surface area contributed by atoms with Crippen LogP contribution in [0.1, 0.15) is 60.9 Å². The predicted molar refractivity (Wildman–Crippen MR) is 116 cm³/mol. The molecule has 2 fully saturated rings. The molecule has 2 heterocycles. The Bertz CT molecular complexity index is 918. The van der Waals surface area contributed by atoms with Crippen molar-refractivity contribution in [3.63, 3.8) is 0 Å². The number of pyridine rings is 1. The average Bonchev–Trinajstić information content (AvgIpc) is 2.82. The van der Waals surface area contributed by atoms with Gasteiger partial charge < -0.3 is 9.80 Å². The number of halogens is 3. The molecule has 0 bridgehead atoms. The Balaban J connectivity index is 1.53. The minimum Gasteiger partial charge on any atom is -0.334 e. The number of rotatable bonds is 6. The van der Waals surface area contributed by atoms with Gasteiger partial charge in [0.2, 0.25) is 0 Å². The van der Waals surface area contributed by atoms with Crippen LogP contribution in [0.2, 0.25) is 0 Å². The Kier molecular flexibility index (Phi) is 7.45. The molecular formula is C25H30F3N3O. The van der Waals surface area contributed by atoms with Crippen LogP contribution in [0.5, 0.6) is 0 Å². The van der Waals surface area contributed by atoms with E-state index < -0.39 is 28.9 Å². The number of nitrogens with zero attached hydrogens (tertiary/aromatic N) is 3. The summed E-state index contributed by atoms with van der Waals surface area (Å²) in [5.74, 6) is -3.94. The number of likely N-dealkylation sites (tertiary alicyclic amines) is 1. The van der Waals surface area contributed by atoms with E-state index in [1.165, 1.54) is 32.1 Å². The van der Waals surface area contributed by atoms with Crippen LogP contribution in [0, 0.1) is 23.4 Å². The molecule has 4 rings (SSSR count). The molecule has 7 heteroatoms. The molecule has 1 atom stereocenters. The fraction of sp³-hybridized carbons (Fsp3) is 0.520. The van der Waals surface area contributed by atoms with E-state index in [2.05, 4.69) is 9.88 Å². The van der Waals surface area contributed by atoms with Gasteiger partial charge in [-0.25, -0.2) is 13.2 Å². The molecule has 2 aromatic rings. The number of benzene rings is 1. The van der Waals surface area contributed by atoms with Crippen LogP contribution < -0.4 is 0 Å². The van der Waals surface area contributed by atoms with Crippen LogP contribution in [0.15, 0.2) is 36.7 Å². The van der Waals surface area contributed by atoms with Crippen molar-refractivity contribution in [2.45, 2.75) is 57.5 Å². The van der Waals surface area contributed by atoms with Crippen LogP contribution in [-0.2, 0) is 6.54 Å². The molecule has 1 aliphatic carbocycles. The molecule has 1 aromatic heterocycles. The SMILES string of the molecule is O=C(c1cc(F)c(F)cc1F)N(Cc1cccnc1)C[C@@H]1CCCN(C2CCCCC2)C1. The summed E-state index contributed by atoms with van der Waals surface area (Å²) in [6.07, 6.45) is 11.7. The van der Waals surface area contributed by atoms with Crippen LogP contribution >= 0.6 is 0 Å². The Labute approximate surface area is 187 Å². The van der Waals surface area contributed by atoms with Crippen LogP contribution in [0.25, 0.3) is 0 Å². The summed E-state index contributed by atoms with van der Waals surface area (Å²) in [7, 11) is 0. The summed E-state index contributed by atoms with van der Waals surface area (Å²) >= 11 is 0. The number of carbonyl (C=O) groups excluding carboxylic acids is 1. The van der Waals surface area contributed by atoms with E-state index >= 15 is 0 Å². The first-order chi connectivity index (χ1) is 15.5. The van der Waals surface area contributed by atoms with E-state index in [-0.39, 0.29) is 12.5 Å². The van der Waals surface area contributed by atoms with Gasteiger partial charge in [0.1, 0.15) is 5.82 Å². The van der Waals surface area contributed by atoms with Crippen LogP contribution in [0.3, 0.4) is 0 Å². The zero-order valence-corrected chi connectivity index (χ0v) is 18.3. The second-order valence-electron chi connectivity index (χ2n) is 9.09. The fourth-order valence-electron chi connectivity index (χ4n) is 5.12. The van der Waals surface area contributed by atoms with E-state index in [9.17, 15) is 18.0 Å². The van der Waals surface area contributed by atoms with E-state index in [0.29, 0.717) is 24.7 Å². The fourth-order valence-corrected chi connectivity index (χ4v) is 5.12. The molecule has 1 saturated heterocycles. The van der Waals surface area contributed by atoms with Gasteiger partial charge in [-0.3, -0.25) is 9.78 Å². The molecule has 0 N–H and O–H groups in total. The molecule has 4 nitrogen and oxygen atoms in total. The number of hydrogen-bond acceptors (Lipinski definition) is 3. The second-order valence-corrected chi connectivity index (χ2v) is 9.09. The molecule has 0 radical (unpaired) electrons. The zero-order chi connectivity index (χ0) is 22.5. The van der Waals surface area contributed by atoms with Crippen molar-refractivity contribution in [2.75, 3.05) is 19.6 Å². The molecule has 1 aromatic carbocycles. The third-order valence-electron chi connectivity index (χ3n) is 6.74. The van der Waals surface area contributed by atoms with E-state index in [1.807, 2.05) is 6.07 Å². The molecular weight excluding hydrogens is 415 g/mol. The average molecular weight is 446 g/mol. The predicted octanol–water partition coefficient (Wildman–Crippen LogP) is 5.19. The van der Waals surface area contributed by atoms with Gasteiger partial charge in [-0.05, 0) is 55.8 Å². The third kappa shape index (κ3) is 5.49. The van der Waals surface area contributed by atoms with Crippen LogP contribution in [0.4, 0.5) is 13.2 Å². The minimum atomic E-state index is -1.30. The first-order valence-electron chi connectivity index (χ1n) is 11.6. The van der Waals surface area contributed by atoms with Gasteiger partial charge in [-0.1, -0.05) is 25.3 Å². The lowest BCUT2D eigenvalue weighted by molar-refractivity contribution is 0.0579. The van der Waals surface area contributed by atoms with E-state index in [4.69, 9.17) is 0 Å². The van der Waals surface area contributed by atoms with Gasteiger partial charge in [-0.15, -0.1) is 0 Å². The molecule has 1 amide bonds. The maximum atomic E-state index is 14.4. The highest BCUT2D eigenvalue weighted by molar-refractivity contribution is 5.94. The Hall–Kier alpha value is -2.41. The van der Waals surface area contributed by atoms with Crippen molar-refractivity contribution in [2.24, 2.45) is 5.92 Å². The zero-order valence-electron chi connectivity index (χ0n) is 18.3. The lowest BCUT2D eigenvalue weighted by atomic mass is 9.90. The summed E-state index contributed by atoms with van der Waals surface area (Å²) < 4.78 is 41.6. The van der Waals surface area contributed by atoms with Gasteiger partial charge in [0.05, 0.1) is 5.56 Å². The van der Waals surface area contributed by atoms with Gasteiger partial charge in [0.15, 0.2) is 11.6 Å². The van der Waals surface area contributed by atoms with Crippen molar-refractivity contribution in [3.05, 3.63) is 65.2 Å².